The number of carbonyl (C=O) groups is 2. The Morgan fingerprint density at radius 2 is 1.88 bits per heavy atom. The Morgan fingerprint density at radius 3 is 2.64 bits per heavy atom. The fourth-order valence-electron chi connectivity index (χ4n) is 2.41. The van der Waals surface area contributed by atoms with Crippen molar-refractivity contribution in [3.05, 3.63) is 67.1 Å². The summed E-state index contributed by atoms with van der Waals surface area (Å²) in [4.78, 5) is 31.7. The van der Waals surface area contributed by atoms with Gasteiger partial charge in [-0.2, -0.15) is 0 Å². The summed E-state index contributed by atoms with van der Waals surface area (Å²) in [5.41, 5.74) is 3.36. The third-order valence-corrected chi connectivity index (χ3v) is 3.68. The quantitative estimate of drug-likeness (QED) is 0.720. The maximum Gasteiger partial charge on any atom is 0.269 e. The minimum Gasteiger partial charge on any atom is -0.354 e. The topological polar surface area (TPSA) is 84.0 Å². The summed E-state index contributed by atoms with van der Waals surface area (Å²) in [7, 11) is 1.57. The van der Waals surface area contributed by atoms with Crippen molar-refractivity contribution in [3.63, 3.8) is 0 Å². The van der Waals surface area contributed by atoms with Crippen molar-refractivity contribution < 1.29 is 9.59 Å². The van der Waals surface area contributed by atoms with Crippen LogP contribution < -0.4 is 10.6 Å². The van der Waals surface area contributed by atoms with Gasteiger partial charge in [0.25, 0.3) is 5.91 Å². The lowest BCUT2D eigenvalue weighted by Crippen LogP contribution is -2.19. The lowest BCUT2D eigenvalue weighted by molar-refractivity contribution is -0.111. The molecule has 0 fully saturated rings. The van der Waals surface area contributed by atoms with Gasteiger partial charge in [0.1, 0.15) is 5.69 Å². The fraction of sp³-hybridized carbons (Fsp3) is 0.0526. The summed E-state index contributed by atoms with van der Waals surface area (Å²) in [5.74, 6) is -0.530. The van der Waals surface area contributed by atoms with Gasteiger partial charge in [0.15, 0.2) is 0 Å². The monoisotopic (exact) mass is 332 g/mol. The third kappa shape index (κ3) is 3.53. The van der Waals surface area contributed by atoms with E-state index >= 15 is 0 Å². The number of nitrogens with zero attached hydrogens (tertiary/aromatic N) is 2. The summed E-state index contributed by atoms with van der Waals surface area (Å²) in [6.45, 7) is 3.43. The van der Waals surface area contributed by atoms with Gasteiger partial charge in [-0.1, -0.05) is 24.8 Å². The van der Waals surface area contributed by atoms with Crippen LogP contribution in [0.1, 0.15) is 10.5 Å². The molecule has 0 aliphatic heterocycles. The Kier molecular flexibility index (Phi) is 4.52. The molecule has 2 N–H and O–H groups in total. The van der Waals surface area contributed by atoms with Crippen LogP contribution in [0.4, 0.5) is 5.69 Å². The molecule has 0 aliphatic rings. The number of hydrogen-bond acceptors (Lipinski definition) is 4. The van der Waals surface area contributed by atoms with E-state index in [0.717, 1.165) is 16.5 Å². The first-order chi connectivity index (χ1) is 12.1. The average Bonchev–Trinajstić information content (AvgIpc) is 2.66. The molecule has 2 amide bonds. The summed E-state index contributed by atoms with van der Waals surface area (Å²) in [6.07, 6.45) is 4.47. The molecule has 0 aliphatic carbocycles. The minimum atomic E-state index is -0.297. The van der Waals surface area contributed by atoms with Crippen LogP contribution >= 0.6 is 0 Å². The Hall–Kier alpha value is -3.54. The van der Waals surface area contributed by atoms with E-state index in [0.29, 0.717) is 16.9 Å². The van der Waals surface area contributed by atoms with Crippen molar-refractivity contribution in [1.29, 1.82) is 0 Å². The first-order valence-electron chi connectivity index (χ1n) is 7.62. The van der Waals surface area contributed by atoms with E-state index in [1.165, 1.54) is 6.08 Å². The number of carbonyl (C=O) groups excluding carboxylic acids is 2. The molecule has 25 heavy (non-hydrogen) atoms. The highest BCUT2D eigenvalue weighted by molar-refractivity contribution is 5.99. The molecule has 1 aromatic carbocycles. The highest BCUT2D eigenvalue weighted by Crippen LogP contribution is 2.25. The Bertz CT molecular complexity index is 982. The largest absolute Gasteiger partial charge is 0.354 e. The predicted molar refractivity (Wildman–Crippen MR) is 97.2 cm³/mol. The molecule has 6 nitrogen and oxygen atoms in total. The Morgan fingerprint density at radius 1 is 1.08 bits per heavy atom. The molecule has 0 spiro atoms. The first kappa shape index (κ1) is 16.3. The van der Waals surface area contributed by atoms with E-state index in [4.69, 9.17) is 0 Å². The lowest BCUT2D eigenvalue weighted by Gasteiger charge is -2.07. The second kappa shape index (κ2) is 6.92. The van der Waals surface area contributed by atoms with Gasteiger partial charge < -0.3 is 10.6 Å². The number of aromatic nitrogens is 2. The van der Waals surface area contributed by atoms with E-state index in [-0.39, 0.29) is 11.8 Å². The van der Waals surface area contributed by atoms with Crippen LogP contribution in [-0.4, -0.2) is 28.8 Å². The Labute approximate surface area is 144 Å². The van der Waals surface area contributed by atoms with Crippen LogP contribution in [0.25, 0.3) is 22.0 Å². The van der Waals surface area contributed by atoms with Crippen molar-refractivity contribution in [2.45, 2.75) is 0 Å². The number of nitrogens with one attached hydrogen (secondary N) is 2. The van der Waals surface area contributed by atoms with Crippen LogP contribution in [0.5, 0.6) is 0 Å². The Balaban J connectivity index is 2.00. The maximum absolute atomic E-state index is 11.8. The van der Waals surface area contributed by atoms with Gasteiger partial charge in [0.2, 0.25) is 5.91 Å². The minimum absolute atomic E-state index is 0.233. The van der Waals surface area contributed by atoms with Crippen molar-refractivity contribution >= 4 is 28.4 Å². The molecule has 3 rings (SSSR count). The van der Waals surface area contributed by atoms with Crippen LogP contribution in [0.2, 0.25) is 0 Å². The van der Waals surface area contributed by atoms with Crippen LogP contribution in [0, 0.1) is 0 Å². The standard InChI is InChI=1S/C19H16N4O2/c1-3-18(24)22-15-8-14(10-21-11-15)13-5-4-12-6-7-16(19(25)20-2)23-17(12)9-13/h3-11H,1H2,2H3,(H,20,25)(H,22,24). The van der Waals surface area contributed by atoms with Crippen LogP contribution in [-0.2, 0) is 4.79 Å². The predicted octanol–water partition coefficient (Wildman–Crippen LogP) is 2.78. The van der Waals surface area contributed by atoms with E-state index in [1.807, 2.05) is 30.3 Å². The van der Waals surface area contributed by atoms with Crippen molar-refractivity contribution in [1.82, 2.24) is 15.3 Å². The summed E-state index contributed by atoms with van der Waals surface area (Å²) in [6, 6.07) is 11.1. The van der Waals surface area contributed by atoms with E-state index in [9.17, 15) is 9.59 Å². The van der Waals surface area contributed by atoms with Gasteiger partial charge in [0, 0.05) is 24.2 Å². The second-order valence-electron chi connectivity index (χ2n) is 5.34. The van der Waals surface area contributed by atoms with Gasteiger partial charge in [-0.25, -0.2) is 4.98 Å². The van der Waals surface area contributed by atoms with Crippen LogP contribution in [0.15, 0.2) is 61.4 Å². The fourth-order valence-corrected chi connectivity index (χ4v) is 2.41. The lowest BCUT2D eigenvalue weighted by atomic mass is 10.0. The molecule has 124 valence electrons. The smallest absolute Gasteiger partial charge is 0.269 e. The summed E-state index contributed by atoms with van der Waals surface area (Å²) < 4.78 is 0. The normalized spacial score (nSPS) is 10.3. The van der Waals surface area contributed by atoms with Crippen molar-refractivity contribution in [2.24, 2.45) is 0 Å². The number of amides is 2. The molecular weight excluding hydrogens is 316 g/mol. The molecular formula is C19H16N4O2. The highest BCUT2D eigenvalue weighted by Gasteiger charge is 2.08. The third-order valence-electron chi connectivity index (χ3n) is 3.68. The van der Waals surface area contributed by atoms with Gasteiger partial charge in [-0.3, -0.25) is 14.6 Å². The number of benzene rings is 1. The SMILES string of the molecule is C=CC(=O)Nc1cncc(-c2ccc3ccc(C(=O)NC)nc3c2)c1. The highest BCUT2D eigenvalue weighted by atomic mass is 16.2. The zero-order chi connectivity index (χ0) is 17.8. The van der Waals surface area contributed by atoms with Gasteiger partial charge in [-0.15, -0.1) is 0 Å². The first-order valence-corrected chi connectivity index (χ1v) is 7.62. The van der Waals surface area contributed by atoms with E-state index < -0.39 is 0 Å². The number of rotatable bonds is 4. The van der Waals surface area contributed by atoms with Gasteiger partial charge in [-0.05, 0) is 29.8 Å². The molecule has 0 saturated heterocycles. The van der Waals surface area contributed by atoms with Crippen molar-refractivity contribution in [3.8, 4) is 11.1 Å². The van der Waals surface area contributed by atoms with Crippen molar-refractivity contribution in [2.75, 3.05) is 12.4 Å². The van der Waals surface area contributed by atoms with E-state index in [2.05, 4.69) is 27.2 Å². The maximum atomic E-state index is 11.8. The molecule has 0 unspecified atom stereocenters. The number of hydrogen-bond donors (Lipinski definition) is 2. The average molecular weight is 332 g/mol. The zero-order valence-corrected chi connectivity index (χ0v) is 13.6. The molecule has 0 saturated carbocycles. The number of anilines is 1. The molecule has 3 aromatic rings. The molecule has 0 atom stereocenters. The number of pyridine rings is 2. The second-order valence-corrected chi connectivity index (χ2v) is 5.34. The summed E-state index contributed by atoms with van der Waals surface area (Å²) in [5, 5.41) is 6.18. The zero-order valence-electron chi connectivity index (χ0n) is 13.6. The van der Waals surface area contributed by atoms with Gasteiger partial charge >= 0.3 is 0 Å². The molecule has 0 radical (unpaired) electrons. The molecule has 2 aromatic heterocycles. The number of fused-ring (bicyclic) bond motifs is 1. The molecule has 2 heterocycles. The van der Waals surface area contributed by atoms with E-state index in [1.54, 1.807) is 25.5 Å². The van der Waals surface area contributed by atoms with Crippen LogP contribution in [0.3, 0.4) is 0 Å². The molecule has 0 bridgehead atoms. The van der Waals surface area contributed by atoms with Gasteiger partial charge in [0.05, 0.1) is 17.4 Å². The summed E-state index contributed by atoms with van der Waals surface area (Å²) >= 11 is 0. The molecule has 6 heteroatoms.